The molecule has 24 heavy (non-hydrogen) atoms. The highest BCUT2D eigenvalue weighted by molar-refractivity contribution is 6.09. The van der Waals surface area contributed by atoms with Gasteiger partial charge in [0, 0.05) is 12.1 Å². The first-order chi connectivity index (χ1) is 11.3. The Bertz CT molecular complexity index is 640. The van der Waals surface area contributed by atoms with Gasteiger partial charge >= 0.3 is 6.18 Å². The minimum absolute atomic E-state index is 0.0232. The number of amides is 1. The van der Waals surface area contributed by atoms with Gasteiger partial charge in [-0.2, -0.15) is 18.4 Å². The zero-order chi connectivity index (χ0) is 17.7. The van der Waals surface area contributed by atoms with E-state index in [1.54, 1.807) is 18.2 Å². The van der Waals surface area contributed by atoms with Gasteiger partial charge in [-0.15, -0.1) is 0 Å². The molecule has 128 valence electrons. The first-order valence-electron chi connectivity index (χ1n) is 7.55. The molecule has 1 fully saturated rings. The number of alkyl halides is 3. The van der Waals surface area contributed by atoms with Crippen molar-refractivity contribution in [2.45, 2.75) is 31.9 Å². The Morgan fingerprint density at radius 2 is 2.08 bits per heavy atom. The van der Waals surface area contributed by atoms with Crippen LogP contribution < -0.4 is 5.32 Å². The van der Waals surface area contributed by atoms with Crippen LogP contribution in [0.4, 0.5) is 19.0 Å². The topological polar surface area (TPSA) is 82.8 Å². The van der Waals surface area contributed by atoms with Crippen LogP contribution in [0.15, 0.2) is 24.4 Å². The van der Waals surface area contributed by atoms with Crippen molar-refractivity contribution < 1.29 is 22.8 Å². The third-order valence-electron chi connectivity index (χ3n) is 4.13. The first kappa shape index (κ1) is 17.9. The molecule has 0 radical (unpaired) electrons. The third-order valence-corrected chi connectivity index (χ3v) is 4.13. The van der Waals surface area contributed by atoms with Crippen molar-refractivity contribution >= 4 is 17.5 Å². The Morgan fingerprint density at radius 1 is 1.33 bits per heavy atom. The van der Waals surface area contributed by atoms with Crippen LogP contribution in [0, 0.1) is 29.1 Å². The molecule has 0 bridgehead atoms. The Kier molecular flexibility index (Phi) is 5.54. The maximum absolute atomic E-state index is 12.8. The van der Waals surface area contributed by atoms with E-state index in [1.807, 2.05) is 0 Å². The molecule has 1 aliphatic rings. The van der Waals surface area contributed by atoms with Crippen LogP contribution >= 0.6 is 0 Å². The largest absolute Gasteiger partial charge is 0.391 e. The molecule has 1 aromatic heterocycles. The molecule has 1 N–H and O–H groups in total. The van der Waals surface area contributed by atoms with E-state index in [1.165, 1.54) is 12.3 Å². The summed E-state index contributed by atoms with van der Waals surface area (Å²) < 4.78 is 38.5. The molecule has 2 rings (SSSR count). The van der Waals surface area contributed by atoms with Gasteiger partial charge < -0.3 is 5.32 Å². The average molecular weight is 339 g/mol. The van der Waals surface area contributed by atoms with Crippen LogP contribution in [-0.2, 0) is 9.59 Å². The van der Waals surface area contributed by atoms with Crippen LogP contribution in [0.2, 0.25) is 0 Å². The van der Waals surface area contributed by atoms with E-state index in [9.17, 15) is 22.8 Å². The van der Waals surface area contributed by atoms with E-state index in [4.69, 9.17) is 5.26 Å². The monoisotopic (exact) mass is 339 g/mol. The van der Waals surface area contributed by atoms with Gasteiger partial charge in [-0.05, 0) is 31.4 Å². The molecule has 1 saturated carbocycles. The summed E-state index contributed by atoms with van der Waals surface area (Å²) >= 11 is 0. The fraction of sp³-hybridized carbons (Fsp3) is 0.500. The summed E-state index contributed by atoms with van der Waals surface area (Å²) in [6.45, 7) is 0. The molecular weight excluding hydrogens is 323 g/mol. The number of carbonyl (C=O) groups excluding carboxylic acids is 2. The van der Waals surface area contributed by atoms with Crippen molar-refractivity contribution in [2.24, 2.45) is 17.8 Å². The Hall–Kier alpha value is -2.43. The highest BCUT2D eigenvalue weighted by Gasteiger charge is 2.45. The number of nitrogens with one attached hydrogen (secondary N) is 1. The highest BCUT2D eigenvalue weighted by atomic mass is 19.4. The standard InChI is InChI=1S/C16H16F3N3O2/c17-16(18,19)11-5-3-4-10(8-11)14(23)12(9-20)15(24)22-13-6-1-2-7-21-13/h1-2,6-7,10-12H,3-5,8H2,(H,21,22,24). The van der Waals surface area contributed by atoms with E-state index in [0.29, 0.717) is 0 Å². The first-order valence-corrected chi connectivity index (χ1v) is 7.55. The number of nitriles is 1. The number of halogens is 3. The van der Waals surface area contributed by atoms with Gasteiger partial charge in [-0.1, -0.05) is 12.5 Å². The molecule has 0 spiro atoms. The van der Waals surface area contributed by atoms with Crippen molar-refractivity contribution in [3.05, 3.63) is 24.4 Å². The third kappa shape index (κ3) is 4.31. The summed E-state index contributed by atoms with van der Waals surface area (Å²) in [4.78, 5) is 28.3. The summed E-state index contributed by atoms with van der Waals surface area (Å²) in [6, 6.07) is 6.32. The molecular formula is C16H16F3N3O2. The molecule has 1 amide bonds. The number of carbonyl (C=O) groups is 2. The molecule has 3 atom stereocenters. The lowest BCUT2D eigenvalue weighted by atomic mass is 9.76. The highest BCUT2D eigenvalue weighted by Crippen LogP contribution is 2.40. The van der Waals surface area contributed by atoms with Gasteiger partial charge in [-0.25, -0.2) is 4.98 Å². The van der Waals surface area contributed by atoms with E-state index in [-0.39, 0.29) is 31.5 Å². The quantitative estimate of drug-likeness (QED) is 0.855. The number of nitrogens with zero attached hydrogens (tertiary/aromatic N) is 2. The van der Waals surface area contributed by atoms with Gasteiger partial charge in [0.1, 0.15) is 5.82 Å². The minimum Gasteiger partial charge on any atom is -0.309 e. The fourth-order valence-corrected chi connectivity index (χ4v) is 2.87. The second-order valence-corrected chi connectivity index (χ2v) is 5.77. The molecule has 3 unspecified atom stereocenters. The second kappa shape index (κ2) is 7.43. The molecule has 1 aliphatic carbocycles. The maximum Gasteiger partial charge on any atom is 0.391 e. The van der Waals surface area contributed by atoms with Gasteiger partial charge in [0.25, 0.3) is 5.91 Å². The van der Waals surface area contributed by atoms with E-state index in [2.05, 4.69) is 10.3 Å². The van der Waals surface area contributed by atoms with Crippen LogP contribution in [-0.4, -0.2) is 22.9 Å². The van der Waals surface area contributed by atoms with Crippen LogP contribution in [0.25, 0.3) is 0 Å². The average Bonchev–Trinajstić information content (AvgIpc) is 2.55. The van der Waals surface area contributed by atoms with E-state index < -0.39 is 35.6 Å². The Labute approximate surface area is 136 Å². The number of hydrogen-bond acceptors (Lipinski definition) is 4. The van der Waals surface area contributed by atoms with Gasteiger partial charge in [0.15, 0.2) is 11.7 Å². The SMILES string of the molecule is N#CC(C(=O)Nc1ccccn1)C(=O)C1CCCC(C(F)(F)F)C1. The molecule has 0 aliphatic heterocycles. The lowest BCUT2D eigenvalue weighted by molar-refractivity contribution is -0.186. The zero-order valence-electron chi connectivity index (χ0n) is 12.7. The van der Waals surface area contributed by atoms with Crippen LogP contribution in [0.1, 0.15) is 25.7 Å². The van der Waals surface area contributed by atoms with E-state index >= 15 is 0 Å². The zero-order valence-corrected chi connectivity index (χ0v) is 12.7. The van der Waals surface area contributed by atoms with Gasteiger partial charge in [0.2, 0.25) is 0 Å². The summed E-state index contributed by atoms with van der Waals surface area (Å²) in [6.07, 6.45) is -2.81. The molecule has 1 aromatic rings. The molecule has 0 saturated heterocycles. The van der Waals surface area contributed by atoms with Crippen molar-refractivity contribution in [3.8, 4) is 6.07 Å². The minimum atomic E-state index is -4.36. The number of aromatic nitrogens is 1. The lowest BCUT2D eigenvalue weighted by Gasteiger charge is -2.30. The van der Waals surface area contributed by atoms with Crippen LogP contribution in [0.3, 0.4) is 0 Å². The molecule has 8 heteroatoms. The second-order valence-electron chi connectivity index (χ2n) is 5.77. The predicted molar refractivity (Wildman–Crippen MR) is 78.5 cm³/mol. The summed E-state index contributed by atoms with van der Waals surface area (Å²) in [7, 11) is 0. The van der Waals surface area contributed by atoms with Gasteiger partial charge in [0.05, 0.1) is 12.0 Å². The lowest BCUT2D eigenvalue weighted by Crippen LogP contribution is -2.37. The Morgan fingerprint density at radius 3 is 2.67 bits per heavy atom. The van der Waals surface area contributed by atoms with Crippen LogP contribution in [0.5, 0.6) is 0 Å². The smallest absolute Gasteiger partial charge is 0.309 e. The van der Waals surface area contributed by atoms with Crippen molar-refractivity contribution in [3.63, 3.8) is 0 Å². The number of Topliss-reactive ketones (excluding diaryl/α,β-unsaturated/α-hetero) is 1. The number of rotatable bonds is 4. The van der Waals surface area contributed by atoms with Crippen molar-refractivity contribution in [2.75, 3.05) is 5.32 Å². The fourth-order valence-electron chi connectivity index (χ4n) is 2.87. The molecule has 5 nitrogen and oxygen atoms in total. The molecule has 1 heterocycles. The number of pyridine rings is 1. The molecule has 0 aromatic carbocycles. The summed E-state index contributed by atoms with van der Waals surface area (Å²) in [5, 5.41) is 11.5. The number of hydrogen-bond donors (Lipinski definition) is 1. The summed E-state index contributed by atoms with van der Waals surface area (Å²) in [5.74, 6) is -5.56. The number of ketones is 1. The Balaban J connectivity index is 2.05. The number of anilines is 1. The predicted octanol–water partition coefficient (Wildman–Crippen LogP) is 3.10. The normalized spacial score (nSPS) is 22.2. The van der Waals surface area contributed by atoms with Crippen molar-refractivity contribution in [1.29, 1.82) is 5.26 Å². The maximum atomic E-state index is 12.8. The van der Waals surface area contributed by atoms with Crippen molar-refractivity contribution in [1.82, 2.24) is 4.98 Å². The van der Waals surface area contributed by atoms with E-state index in [0.717, 1.165) is 0 Å². The van der Waals surface area contributed by atoms with Gasteiger partial charge in [-0.3, -0.25) is 9.59 Å². The summed E-state index contributed by atoms with van der Waals surface area (Å²) in [5.41, 5.74) is 0.